The van der Waals surface area contributed by atoms with E-state index in [0.29, 0.717) is 16.4 Å². The number of nitrogens with zero attached hydrogens (tertiary/aromatic N) is 1. The Bertz CT molecular complexity index is 569. The molecule has 1 aromatic rings. The number of hydrogen-bond acceptors (Lipinski definition) is 4. The van der Waals surface area contributed by atoms with Crippen molar-refractivity contribution in [1.29, 1.82) is 0 Å². The van der Waals surface area contributed by atoms with Crippen molar-refractivity contribution in [2.24, 2.45) is 0 Å². The third-order valence-corrected chi connectivity index (χ3v) is 3.75. The van der Waals surface area contributed by atoms with Gasteiger partial charge < -0.3 is 15.3 Å². The van der Waals surface area contributed by atoms with Crippen molar-refractivity contribution in [1.82, 2.24) is 0 Å². The smallest absolute Gasteiger partial charge is 0.296 e. The molecule has 1 aliphatic rings. The Balaban J connectivity index is 2.49. The van der Waals surface area contributed by atoms with E-state index in [9.17, 15) is 14.7 Å². The third kappa shape index (κ3) is 2.19. The number of halogens is 1. The summed E-state index contributed by atoms with van der Waals surface area (Å²) in [5.74, 6) is -1.22. The lowest BCUT2D eigenvalue weighted by molar-refractivity contribution is -0.112. The molecule has 5 nitrogen and oxygen atoms in total. The molecule has 0 fully saturated rings. The lowest BCUT2D eigenvalue weighted by atomic mass is 10.0. The number of fused-ring (bicyclic) bond motifs is 1. The van der Waals surface area contributed by atoms with Gasteiger partial charge >= 0.3 is 0 Å². The maximum absolute atomic E-state index is 11.6. The number of carbonyl (C=O) groups excluding carboxylic acids is 2. The summed E-state index contributed by atoms with van der Waals surface area (Å²) in [7, 11) is 1.79. The Morgan fingerprint density at radius 1 is 1.37 bits per heavy atom. The number of Topliss-reactive ketones (excluding diaryl/α,β-unsaturated/α-hetero) is 1. The van der Waals surface area contributed by atoms with Crippen LogP contribution in [0.3, 0.4) is 0 Å². The van der Waals surface area contributed by atoms with Gasteiger partial charge in [-0.05, 0) is 26.0 Å². The summed E-state index contributed by atoms with van der Waals surface area (Å²) < 4.78 is 0. The minimum atomic E-state index is -0.646. The molecule has 19 heavy (non-hydrogen) atoms. The molecule has 1 aliphatic heterocycles. The standard InChI is InChI=1S/C13H15ClN2O3/c1-13(2,6-17)16(3)10-5-9-7(4-8(10)14)11(18)12(19)15-9/h4-5,17H,6H2,1-3H3,(H,15,18,19). The van der Waals surface area contributed by atoms with Crippen LogP contribution in [0.5, 0.6) is 0 Å². The van der Waals surface area contributed by atoms with E-state index in [0.717, 1.165) is 0 Å². The zero-order valence-corrected chi connectivity index (χ0v) is 11.7. The molecule has 0 spiro atoms. The van der Waals surface area contributed by atoms with Gasteiger partial charge in [-0.25, -0.2) is 0 Å². The van der Waals surface area contributed by atoms with Crippen molar-refractivity contribution in [2.75, 3.05) is 23.9 Å². The molecule has 102 valence electrons. The minimum Gasteiger partial charge on any atom is -0.394 e. The highest BCUT2D eigenvalue weighted by Crippen LogP contribution is 2.36. The molecule has 0 saturated heterocycles. The molecule has 1 heterocycles. The number of rotatable bonds is 3. The second-order valence-corrected chi connectivity index (χ2v) is 5.57. The van der Waals surface area contributed by atoms with E-state index < -0.39 is 17.2 Å². The van der Waals surface area contributed by atoms with Crippen LogP contribution >= 0.6 is 11.6 Å². The summed E-state index contributed by atoms with van der Waals surface area (Å²) in [5, 5.41) is 12.3. The number of ketones is 1. The predicted molar refractivity (Wildman–Crippen MR) is 74.0 cm³/mol. The number of amides is 1. The van der Waals surface area contributed by atoms with Crippen LogP contribution in [0.15, 0.2) is 12.1 Å². The monoisotopic (exact) mass is 282 g/mol. The van der Waals surface area contributed by atoms with Gasteiger partial charge in [0, 0.05) is 7.05 Å². The first kappa shape index (κ1) is 13.8. The van der Waals surface area contributed by atoms with Crippen molar-refractivity contribution >= 4 is 34.7 Å². The molecule has 0 atom stereocenters. The van der Waals surface area contributed by atoms with Crippen LogP contribution in [0, 0.1) is 0 Å². The normalized spacial score (nSPS) is 14.4. The molecule has 2 N–H and O–H groups in total. The van der Waals surface area contributed by atoms with E-state index >= 15 is 0 Å². The molecule has 1 amide bonds. The van der Waals surface area contributed by atoms with Gasteiger partial charge in [-0.1, -0.05) is 11.6 Å². The van der Waals surface area contributed by atoms with Gasteiger partial charge in [-0.15, -0.1) is 0 Å². The fourth-order valence-corrected chi connectivity index (χ4v) is 2.13. The first-order chi connectivity index (χ1) is 8.77. The van der Waals surface area contributed by atoms with Crippen LogP contribution in [0.25, 0.3) is 0 Å². The lowest BCUT2D eigenvalue weighted by Crippen LogP contribution is -2.44. The number of aliphatic hydroxyl groups is 1. The number of carbonyl (C=O) groups is 2. The van der Waals surface area contributed by atoms with Crippen LogP contribution in [0.4, 0.5) is 11.4 Å². The quantitative estimate of drug-likeness (QED) is 0.828. The van der Waals surface area contributed by atoms with E-state index in [2.05, 4.69) is 5.32 Å². The van der Waals surface area contributed by atoms with Crippen LogP contribution in [-0.4, -0.2) is 36.0 Å². The van der Waals surface area contributed by atoms with Crippen LogP contribution in [-0.2, 0) is 4.79 Å². The zero-order valence-electron chi connectivity index (χ0n) is 11.0. The highest BCUT2D eigenvalue weighted by molar-refractivity contribution is 6.52. The summed E-state index contributed by atoms with van der Waals surface area (Å²) in [6.45, 7) is 3.67. The molecule has 0 unspecified atom stereocenters. The molecule has 6 heteroatoms. The summed E-state index contributed by atoms with van der Waals surface area (Å²) in [6.07, 6.45) is 0. The molecule has 0 aromatic heterocycles. The van der Waals surface area contributed by atoms with Crippen molar-refractivity contribution in [3.63, 3.8) is 0 Å². The number of aliphatic hydroxyl groups excluding tert-OH is 1. The van der Waals surface area contributed by atoms with Crippen LogP contribution in [0.2, 0.25) is 5.02 Å². The van der Waals surface area contributed by atoms with Gasteiger partial charge in [0.2, 0.25) is 0 Å². The van der Waals surface area contributed by atoms with E-state index in [-0.39, 0.29) is 12.2 Å². The Hall–Kier alpha value is -1.59. The Morgan fingerprint density at radius 3 is 2.58 bits per heavy atom. The van der Waals surface area contributed by atoms with Crippen molar-refractivity contribution in [2.45, 2.75) is 19.4 Å². The molecular weight excluding hydrogens is 268 g/mol. The topological polar surface area (TPSA) is 69.6 Å². The Morgan fingerprint density at radius 2 is 2.00 bits per heavy atom. The third-order valence-electron chi connectivity index (χ3n) is 3.44. The molecule has 0 bridgehead atoms. The molecular formula is C13H15ClN2O3. The Labute approximate surface area is 116 Å². The molecule has 0 aliphatic carbocycles. The zero-order chi connectivity index (χ0) is 14.4. The van der Waals surface area contributed by atoms with E-state index in [1.54, 1.807) is 13.1 Å². The van der Waals surface area contributed by atoms with Crippen LogP contribution < -0.4 is 10.2 Å². The van der Waals surface area contributed by atoms with E-state index in [4.69, 9.17) is 11.6 Å². The van der Waals surface area contributed by atoms with E-state index in [1.165, 1.54) is 6.07 Å². The van der Waals surface area contributed by atoms with Crippen molar-refractivity contribution in [3.8, 4) is 0 Å². The number of hydrogen-bond donors (Lipinski definition) is 2. The van der Waals surface area contributed by atoms with Gasteiger partial charge in [-0.2, -0.15) is 0 Å². The predicted octanol–water partition coefficient (Wildman–Crippen LogP) is 1.68. The van der Waals surface area contributed by atoms with Gasteiger partial charge in [0.1, 0.15) is 0 Å². The highest BCUT2D eigenvalue weighted by Gasteiger charge is 2.31. The molecule has 1 aromatic carbocycles. The van der Waals surface area contributed by atoms with Gasteiger partial charge in [-0.3, -0.25) is 9.59 Å². The van der Waals surface area contributed by atoms with Gasteiger partial charge in [0.25, 0.3) is 11.7 Å². The fourth-order valence-electron chi connectivity index (χ4n) is 1.84. The minimum absolute atomic E-state index is 0.0534. The average Bonchev–Trinajstić information content (AvgIpc) is 2.64. The average molecular weight is 283 g/mol. The van der Waals surface area contributed by atoms with E-state index in [1.807, 2.05) is 18.7 Å². The van der Waals surface area contributed by atoms with Crippen molar-refractivity contribution in [3.05, 3.63) is 22.7 Å². The van der Waals surface area contributed by atoms with Gasteiger partial charge in [0.15, 0.2) is 0 Å². The number of anilines is 2. The number of nitrogens with one attached hydrogen (secondary N) is 1. The first-order valence-electron chi connectivity index (χ1n) is 5.82. The maximum atomic E-state index is 11.6. The van der Waals surface area contributed by atoms with Crippen LogP contribution in [0.1, 0.15) is 24.2 Å². The molecule has 2 rings (SSSR count). The largest absolute Gasteiger partial charge is 0.394 e. The lowest BCUT2D eigenvalue weighted by Gasteiger charge is -2.36. The van der Waals surface area contributed by atoms with Crippen molar-refractivity contribution < 1.29 is 14.7 Å². The number of likely N-dealkylation sites (N-methyl/N-ethyl adjacent to an activating group) is 1. The second kappa shape index (κ2) is 4.51. The highest BCUT2D eigenvalue weighted by atomic mass is 35.5. The maximum Gasteiger partial charge on any atom is 0.296 e. The summed E-state index contributed by atoms with van der Waals surface area (Å²) in [4.78, 5) is 24.7. The first-order valence-corrected chi connectivity index (χ1v) is 6.19. The molecule has 0 saturated carbocycles. The summed E-state index contributed by atoms with van der Waals surface area (Å²) >= 11 is 6.16. The number of benzene rings is 1. The van der Waals surface area contributed by atoms with Gasteiger partial charge in [0.05, 0.1) is 34.1 Å². The SMILES string of the molecule is CN(c1cc2c(cc1Cl)C(=O)C(=O)N2)C(C)(C)CO. The second-order valence-electron chi connectivity index (χ2n) is 5.16. The Kier molecular flexibility index (Phi) is 3.28. The summed E-state index contributed by atoms with van der Waals surface area (Å²) in [5.41, 5.74) is 0.878. The summed E-state index contributed by atoms with van der Waals surface area (Å²) in [6, 6.07) is 3.13. The molecule has 0 radical (unpaired) electrons. The fraction of sp³-hybridized carbons (Fsp3) is 0.385.